The SMILES string of the molecule is COc1ccc(/C=C(\C#N)C(=O)OCC(=O)Nc2ccc([N+](=O)[O-])cc2C)cc1. The van der Waals surface area contributed by atoms with Crippen LogP contribution in [0.15, 0.2) is 48.0 Å². The minimum absolute atomic E-state index is 0.103. The lowest BCUT2D eigenvalue weighted by molar-refractivity contribution is -0.384. The third-order valence-corrected chi connectivity index (χ3v) is 3.80. The van der Waals surface area contributed by atoms with Crippen molar-refractivity contribution in [1.82, 2.24) is 0 Å². The summed E-state index contributed by atoms with van der Waals surface area (Å²) < 4.78 is 9.91. The number of aryl methyl sites for hydroxylation is 1. The van der Waals surface area contributed by atoms with E-state index in [0.717, 1.165) is 0 Å². The molecular formula is C20H17N3O6. The molecule has 0 saturated carbocycles. The minimum atomic E-state index is -0.945. The fourth-order valence-electron chi connectivity index (χ4n) is 2.30. The third kappa shape index (κ3) is 5.90. The Balaban J connectivity index is 1.97. The molecular weight excluding hydrogens is 378 g/mol. The number of nitrogens with zero attached hydrogens (tertiary/aromatic N) is 2. The van der Waals surface area contributed by atoms with Gasteiger partial charge in [0.1, 0.15) is 17.4 Å². The Morgan fingerprint density at radius 2 is 1.93 bits per heavy atom. The van der Waals surface area contributed by atoms with Gasteiger partial charge in [-0.15, -0.1) is 0 Å². The van der Waals surface area contributed by atoms with E-state index in [2.05, 4.69) is 5.32 Å². The molecule has 0 spiro atoms. The number of hydrogen-bond acceptors (Lipinski definition) is 7. The highest BCUT2D eigenvalue weighted by Gasteiger charge is 2.15. The van der Waals surface area contributed by atoms with Crippen LogP contribution in [0.2, 0.25) is 0 Å². The van der Waals surface area contributed by atoms with Crippen LogP contribution in [0.4, 0.5) is 11.4 Å². The van der Waals surface area contributed by atoms with Crippen LogP contribution in [-0.2, 0) is 14.3 Å². The molecule has 9 nitrogen and oxygen atoms in total. The average molecular weight is 395 g/mol. The van der Waals surface area contributed by atoms with Gasteiger partial charge in [0.2, 0.25) is 0 Å². The molecule has 9 heteroatoms. The van der Waals surface area contributed by atoms with Gasteiger partial charge in [-0.2, -0.15) is 5.26 Å². The van der Waals surface area contributed by atoms with Crippen LogP contribution in [0.1, 0.15) is 11.1 Å². The zero-order valence-corrected chi connectivity index (χ0v) is 15.7. The lowest BCUT2D eigenvalue weighted by Crippen LogP contribution is -2.21. The van der Waals surface area contributed by atoms with Crippen molar-refractivity contribution in [3.63, 3.8) is 0 Å². The monoisotopic (exact) mass is 395 g/mol. The van der Waals surface area contributed by atoms with Crippen molar-refractivity contribution in [3.8, 4) is 11.8 Å². The largest absolute Gasteiger partial charge is 0.497 e. The number of nitro benzene ring substituents is 1. The van der Waals surface area contributed by atoms with Gasteiger partial charge in [-0.1, -0.05) is 12.1 Å². The van der Waals surface area contributed by atoms with Crippen LogP contribution in [0.5, 0.6) is 5.75 Å². The van der Waals surface area contributed by atoms with E-state index in [1.54, 1.807) is 37.3 Å². The second-order valence-electron chi connectivity index (χ2n) is 5.82. The maximum Gasteiger partial charge on any atom is 0.349 e. The number of ether oxygens (including phenoxy) is 2. The quantitative estimate of drug-likeness (QED) is 0.251. The van der Waals surface area contributed by atoms with Crippen LogP contribution < -0.4 is 10.1 Å². The zero-order chi connectivity index (χ0) is 21.4. The first-order valence-corrected chi connectivity index (χ1v) is 8.32. The highest BCUT2D eigenvalue weighted by molar-refractivity contribution is 6.00. The normalized spacial score (nSPS) is 10.6. The molecule has 1 N–H and O–H groups in total. The molecule has 0 aromatic heterocycles. The smallest absolute Gasteiger partial charge is 0.349 e. The molecule has 0 fully saturated rings. The van der Waals surface area contributed by atoms with Crippen molar-refractivity contribution in [2.45, 2.75) is 6.92 Å². The number of hydrogen-bond donors (Lipinski definition) is 1. The van der Waals surface area contributed by atoms with Gasteiger partial charge in [0.25, 0.3) is 11.6 Å². The fourth-order valence-corrected chi connectivity index (χ4v) is 2.30. The van der Waals surface area contributed by atoms with Gasteiger partial charge in [0.05, 0.1) is 12.0 Å². The van der Waals surface area contributed by atoms with Gasteiger partial charge in [-0.05, 0) is 42.3 Å². The summed E-state index contributed by atoms with van der Waals surface area (Å²) in [7, 11) is 1.52. The van der Waals surface area contributed by atoms with E-state index in [1.165, 1.54) is 31.4 Å². The standard InChI is InChI=1S/C20H17N3O6/c1-13-9-16(23(26)27)5-8-18(13)22-19(24)12-29-20(25)15(11-21)10-14-3-6-17(28-2)7-4-14/h3-10H,12H2,1-2H3,(H,22,24)/b15-10+. The number of rotatable bonds is 7. The number of carbonyl (C=O) groups excluding carboxylic acids is 2. The first kappa shape index (κ1) is 21.1. The van der Waals surface area contributed by atoms with Gasteiger partial charge >= 0.3 is 5.97 Å². The summed E-state index contributed by atoms with van der Waals surface area (Å²) >= 11 is 0. The molecule has 29 heavy (non-hydrogen) atoms. The Labute approximate surface area is 166 Å². The molecule has 0 aliphatic carbocycles. The van der Waals surface area contributed by atoms with E-state index in [0.29, 0.717) is 22.6 Å². The number of benzene rings is 2. The summed E-state index contributed by atoms with van der Waals surface area (Å²) in [5.41, 5.74) is 1.05. The molecule has 2 rings (SSSR count). The first-order chi connectivity index (χ1) is 13.8. The number of non-ortho nitro benzene ring substituents is 1. The van der Waals surface area contributed by atoms with Gasteiger partial charge in [-0.3, -0.25) is 14.9 Å². The van der Waals surface area contributed by atoms with Crippen molar-refractivity contribution in [2.24, 2.45) is 0 Å². The second-order valence-corrected chi connectivity index (χ2v) is 5.82. The second kappa shape index (κ2) is 9.66. The van der Waals surface area contributed by atoms with Crippen molar-refractivity contribution in [3.05, 3.63) is 69.3 Å². The number of nitriles is 1. The molecule has 0 unspecified atom stereocenters. The number of anilines is 1. The number of nitro groups is 1. The van der Waals surface area contributed by atoms with Crippen molar-refractivity contribution in [2.75, 3.05) is 19.0 Å². The number of carbonyl (C=O) groups is 2. The molecule has 0 bridgehead atoms. The predicted molar refractivity (Wildman–Crippen MR) is 104 cm³/mol. The summed E-state index contributed by atoms with van der Waals surface area (Å²) in [6.45, 7) is 0.983. The fraction of sp³-hybridized carbons (Fsp3) is 0.150. The van der Waals surface area contributed by atoms with E-state index in [1.807, 2.05) is 0 Å². The van der Waals surface area contributed by atoms with E-state index < -0.39 is 23.4 Å². The van der Waals surface area contributed by atoms with Crippen molar-refractivity contribution < 1.29 is 24.0 Å². The Morgan fingerprint density at radius 1 is 1.24 bits per heavy atom. The van der Waals surface area contributed by atoms with Crippen LogP contribution in [0, 0.1) is 28.4 Å². The molecule has 0 aliphatic heterocycles. The molecule has 0 radical (unpaired) electrons. The van der Waals surface area contributed by atoms with E-state index in [4.69, 9.17) is 14.7 Å². The van der Waals surface area contributed by atoms with Gasteiger partial charge < -0.3 is 14.8 Å². The molecule has 2 aromatic carbocycles. The highest BCUT2D eigenvalue weighted by Crippen LogP contribution is 2.21. The van der Waals surface area contributed by atoms with Gasteiger partial charge in [0.15, 0.2) is 6.61 Å². The number of amides is 1. The highest BCUT2D eigenvalue weighted by atomic mass is 16.6. The lowest BCUT2D eigenvalue weighted by atomic mass is 10.1. The molecule has 2 aromatic rings. The Bertz CT molecular complexity index is 1010. The minimum Gasteiger partial charge on any atom is -0.497 e. The summed E-state index contributed by atoms with van der Waals surface area (Å²) in [4.78, 5) is 34.2. The van der Waals surface area contributed by atoms with E-state index >= 15 is 0 Å². The zero-order valence-electron chi connectivity index (χ0n) is 15.7. The topological polar surface area (TPSA) is 132 Å². The number of esters is 1. The molecule has 148 valence electrons. The van der Waals surface area contributed by atoms with E-state index in [-0.39, 0.29) is 11.3 Å². The Kier molecular flexibility index (Phi) is 7.03. The average Bonchev–Trinajstić information content (AvgIpc) is 2.72. The van der Waals surface area contributed by atoms with Crippen molar-refractivity contribution in [1.29, 1.82) is 5.26 Å². The predicted octanol–water partition coefficient (Wildman–Crippen LogP) is 3.00. The van der Waals surface area contributed by atoms with Crippen LogP contribution in [0.3, 0.4) is 0 Å². The van der Waals surface area contributed by atoms with Crippen LogP contribution in [0.25, 0.3) is 6.08 Å². The summed E-state index contributed by atoms with van der Waals surface area (Å²) in [5, 5.41) is 22.4. The van der Waals surface area contributed by atoms with Gasteiger partial charge in [-0.25, -0.2) is 4.79 Å². The Morgan fingerprint density at radius 3 is 2.48 bits per heavy atom. The Hall–Kier alpha value is -4.19. The molecule has 0 atom stereocenters. The summed E-state index contributed by atoms with van der Waals surface area (Å²) in [6.07, 6.45) is 1.33. The third-order valence-electron chi connectivity index (χ3n) is 3.80. The molecule has 0 saturated heterocycles. The van der Waals surface area contributed by atoms with E-state index in [9.17, 15) is 19.7 Å². The molecule has 1 amide bonds. The summed E-state index contributed by atoms with van der Waals surface area (Å²) in [5.74, 6) is -0.961. The first-order valence-electron chi connectivity index (χ1n) is 8.32. The van der Waals surface area contributed by atoms with Crippen molar-refractivity contribution >= 4 is 29.3 Å². The lowest BCUT2D eigenvalue weighted by Gasteiger charge is -2.08. The van der Waals surface area contributed by atoms with Crippen LogP contribution >= 0.6 is 0 Å². The molecule has 0 aliphatic rings. The maximum absolute atomic E-state index is 12.1. The molecule has 0 heterocycles. The maximum atomic E-state index is 12.1. The van der Waals surface area contributed by atoms with Gasteiger partial charge in [0, 0.05) is 17.8 Å². The van der Waals surface area contributed by atoms with Crippen LogP contribution in [-0.4, -0.2) is 30.5 Å². The number of nitrogens with one attached hydrogen (secondary N) is 1. The summed E-state index contributed by atoms with van der Waals surface area (Å²) in [6, 6.07) is 12.4. The number of methoxy groups -OCH3 is 1.